The minimum absolute atomic E-state index is 0.227. The van der Waals surface area contributed by atoms with E-state index in [-0.39, 0.29) is 6.61 Å². The van der Waals surface area contributed by atoms with Crippen LogP contribution in [-0.2, 0) is 16.1 Å². The third-order valence-electron chi connectivity index (χ3n) is 2.09. The monoisotopic (exact) mass is 288 g/mol. The Morgan fingerprint density at radius 1 is 1.56 bits per heavy atom. The molecule has 1 rings (SSSR count). The molecule has 0 heterocycles. The standard InChI is InChI=1S/C11H13BrO4/c1-7(11(13)14)16-6-8-5-9(15-2)3-4-10(8)12/h3-5,7H,6H2,1-2H3,(H,13,14)/t7-/m1/s1. The van der Waals surface area contributed by atoms with E-state index in [0.717, 1.165) is 10.0 Å². The molecular formula is C11H13BrO4. The van der Waals surface area contributed by atoms with Crippen LogP contribution in [0.3, 0.4) is 0 Å². The summed E-state index contributed by atoms with van der Waals surface area (Å²) in [5.41, 5.74) is 0.854. The Labute approximate surface area is 102 Å². The lowest BCUT2D eigenvalue weighted by atomic mass is 10.2. The third kappa shape index (κ3) is 3.50. The Balaban J connectivity index is 2.69. The average molecular weight is 289 g/mol. The highest BCUT2D eigenvalue weighted by Gasteiger charge is 2.12. The Morgan fingerprint density at radius 2 is 2.25 bits per heavy atom. The van der Waals surface area contributed by atoms with Gasteiger partial charge in [0, 0.05) is 4.47 Å². The number of methoxy groups -OCH3 is 1. The molecule has 0 bridgehead atoms. The van der Waals surface area contributed by atoms with Crippen LogP contribution in [0.15, 0.2) is 22.7 Å². The van der Waals surface area contributed by atoms with E-state index in [4.69, 9.17) is 14.6 Å². The summed E-state index contributed by atoms with van der Waals surface area (Å²) < 4.78 is 11.1. The average Bonchev–Trinajstić information content (AvgIpc) is 2.27. The maximum Gasteiger partial charge on any atom is 0.332 e. The second-order valence-electron chi connectivity index (χ2n) is 3.25. The molecular weight excluding hydrogens is 276 g/mol. The van der Waals surface area contributed by atoms with Gasteiger partial charge in [0.05, 0.1) is 13.7 Å². The van der Waals surface area contributed by atoms with Crippen molar-refractivity contribution in [1.82, 2.24) is 0 Å². The Kier molecular flexibility index (Phi) is 4.76. The zero-order valence-corrected chi connectivity index (χ0v) is 10.7. The topological polar surface area (TPSA) is 55.8 Å². The van der Waals surface area contributed by atoms with E-state index in [1.807, 2.05) is 12.1 Å². The van der Waals surface area contributed by atoms with Crippen molar-refractivity contribution in [2.75, 3.05) is 7.11 Å². The van der Waals surface area contributed by atoms with Crippen molar-refractivity contribution in [3.8, 4) is 5.75 Å². The van der Waals surface area contributed by atoms with E-state index < -0.39 is 12.1 Å². The Morgan fingerprint density at radius 3 is 2.81 bits per heavy atom. The van der Waals surface area contributed by atoms with Crippen molar-refractivity contribution < 1.29 is 19.4 Å². The van der Waals surface area contributed by atoms with E-state index in [2.05, 4.69) is 15.9 Å². The van der Waals surface area contributed by atoms with Crippen LogP contribution in [0.4, 0.5) is 0 Å². The van der Waals surface area contributed by atoms with Crippen molar-refractivity contribution in [3.63, 3.8) is 0 Å². The summed E-state index contributed by atoms with van der Waals surface area (Å²) in [6, 6.07) is 5.45. The predicted molar refractivity (Wildman–Crippen MR) is 62.6 cm³/mol. The molecule has 0 aliphatic rings. The molecule has 0 aliphatic heterocycles. The molecule has 0 unspecified atom stereocenters. The molecule has 1 atom stereocenters. The summed E-state index contributed by atoms with van der Waals surface area (Å²) in [7, 11) is 1.58. The normalized spacial score (nSPS) is 12.2. The molecule has 5 heteroatoms. The SMILES string of the molecule is COc1ccc(Br)c(CO[C@H](C)C(=O)O)c1. The van der Waals surface area contributed by atoms with Crippen LogP contribution in [-0.4, -0.2) is 24.3 Å². The van der Waals surface area contributed by atoms with Gasteiger partial charge in [-0.3, -0.25) is 0 Å². The molecule has 1 aromatic rings. The number of carboxylic acids is 1. The van der Waals surface area contributed by atoms with Gasteiger partial charge in [-0.25, -0.2) is 4.79 Å². The van der Waals surface area contributed by atoms with E-state index in [9.17, 15) is 4.79 Å². The van der Waals surface area contributed by atoms with Crippen LogP contribution < -0.4 is 4.74 Å². The van der Waals surface area contributed by atoms with Gasteiger partial charge in [0.15, 0.2) is 6.10 Å². The maximum atomic E-state index is 10.6. The minimum atomic E-state index is -0.973. The molecule has 0 fully saturated rings. The number of carbonyl (C=O) groups is 1. The molecule has 88 valence electrons. The van der Waals surface area contributed by atoms with Crippen LogP contribution in [0.2, 0.25) is 0 Å². The molecule has 0 saturated heterocycles. The van der Waals surface area contributed by atoms with E-state index >= 15 is 0 Å². The van der Waals surface area contributed by atoms with Gasteiger partial charge in [0.25, 0.3) is 0 Å². The first-order valence-corrected chi connectivity index (χ1v) is 5.50. The second-order valence-corrected chi connectivity index (χ2v) is 4.10. The van der Waals surface area contributed by atoms with Crippen LogP contribution in [0, 0.1) is 0 Å². The predicted octanol–water partition coefficient (Wildman–Crippen LogP) is 2.45. The van der Waals surface area contributed by atoms with Gasteiger partial charge in [-0.1, -0.05) is 15.9 Å². The fourth-order valence-corrected chi connectivity index (χ4v) is 1.44. The fourth-order valence-electron chi connectivity index (χ4n) is 1.07. The van der Waals surface area contributed by atoms with Gasteiger partial charge < -0.3 is 14.6 Å². The summed E-state index contributed by atoms with van der Waals surface area (Å²) in [6.45, 7) is 1.72. The number of aliphatic carboxylic acids is 1. The van der Waals surface area contributed by atoms with Crippen molar-refractivity contribution >= 4 is 21.9 Å². The summed E-state index contributed by atoms with van der Waals surface area (Å²) >= 11 is 3.36. The highest BCUT2D eigenvalue weighted by Crippen LogP contribution is 2.23. The molecule has 4 nitrogen and oxygen atoms in total. The van der Waals surface area contributed by atoms with Gasteiger partial charge in [-0.05, 0) is 30.7 Å². The highest BCUT2D eigenvalue weighted by molar-refractivity contribution is 9.10. The largest absolute Gasteiger partial charge is 0.497 e. The smallest absolute Gasteiger partial charge is 0.332 e. The molecule has 16 heavy (non-hydrogen) atoms. The van der Waals surface area contributed by atoms with Gasteiger partial charge in [0.2, 0.25) is 0 Å². The van der Waals surface area contributed by atoms with Crippen molar-refractivity contribution in [1.29, 1.82) is 0 Å². The molecule has 0 aromatic heterocycles. The molecule has 0 radical (unpaired) electrons. The van der Waals surface area contributed by atoms with E-state index in [1.54, 1.807) is 13.2 Å². The number of benzene rings is 1. The van der Waals surface area contributed by atoms with E-state index in [0.29, 0.717) is 5.75 Å². The molecule has 0 aliphatic carbocycles. The zero-order valence-electron chi connectivity index (χ0n) is 9.07. The first kappa shape index (κ1) is 13.0. The highest BCUT2D eigenvalue weighted by atomic mass is 79.9. The Hall–Kier alpha value is -1.07. The molecule has 1 N–H and O–H groups in total. The third-order valence-corrected chi connectivity index (χ3v) is 2.86. The lowest BCUT2D eigenvalue weighted by Gasteiger charge is -2.10. The molecule has 0 amide bonds. The van der Waals surface area contributed by atoms with Crippen molar-refractivity contribution in [2.24, 2.45) is 0 Å². The number of carboxylic acid groups (broad SMARTS) is 1. The van der Waals surface area contributed by atoms with Gasteiger partial charge in [-0.2, -0.15) is 0 Å². The van der Waals surface area contributed by atoms with Crippen LogP contribution in [0.25, 0.3) is 0 Å². The second kappa shape index (κ2) is 5.86. The van der Waals surface area contributed by atoms with Gasteiger partial charge in [0.1, 0.15) is 5.75 Å². The van der Waals surface area contributed by atoms with Crippen LogP contribution in [0.5, 0.6) is 5.75 Å². The number of rotatable bonds is 5. The zero-order chi connectivity index (χ0) is 12.1. The fraction of sp³-hybridized carbons (Fsp3) is 0.364. The quantitative estimate of drug-likeness (QED) is 0.904. The minimum Gasteiger partial charge on any atom is -0.497 e. The van der Waals surface area contributed by atoms with Crippen molar-refractivity contribution in [2.45, 2.75) is 19.6 Å². The van der Waals surface area contributed by atoms with E-state index in [1.165, 1.54) is 6.92 Å². The maximum absolute atomic E-state index is 10.6. The lowest BCUT2D eigenvalue weighted by molar-refractivity contribution is -0.149. The van der Waals surface area contributed by atoms with Gasteiger partial charge >= 0.3 is 5.97 Å². The number of ether oxygens (including phenoxy) is 2. The summed E-state index contributed by atoms with van der Waals surface area (Å²) in [6.07, 6.45) is -0.821. The summed E-state index contributed by atoms with van der Waals surface area (Å²) in [5.74, 6) is -0.260. The van der Waals surface area contributed by atoms with Crippen LogP contribution in [0.1, 0.15) is 12.5 Å². The number of hydrogen-bond donors (Lipinski definition) is 1. The summed E-state index contributed by atoms with van der Waals surface area (Å²) in [5, 5.41) is 8.67. The molecule has 0 spiro atoms. The van der Waals surface area contributed by atoms with Crippen LogP contribution >= 0.6 is 15.9 Å². The van der Waals surface area contributed by atoms with Crippen molar-refractivity contribution in [3.05, 3.63) is 28.2 Å². The number of hydrogen-bond acceptors (Lipinski definition) is 3. The summed E-state index contributed by atoms with van der Waals surface area (Å²) in [4.78, 5) is 10.6. The first-order chi connectivity index (χ1) is 7.54. The first-order valence-electron chi connectivity index (χ1n) is 4.71. The molecule has 0 saturated carbocycles. The molecule has 1 aromatic carbocycles. The van der Waals surface area contributed by atoms with Gasteiger partial charge in [-0.15, -0.1) is 0 Å². The number of halogens is 1. The Bertz CT molecular complexity index is 378. The lowest BCUT2D eigenvalue weighted by Crippen LogP contribution is -2.19.